The van der Waals surface area contributed by atoms with Gasteiger partial charge in [-0.05, 0) is 47.9 Å². The van der Waals surface area contributed by atoms with Gasteiger partial charge in [0.05, 0.1) is 6.10 Å². The fourth-order valence-corrected chi connectivity index (χ4v) is 3.67. The molecule has 2 aliphatic rings. The number of fused-ring (bicyclic) bond motifs is 3. The van der Waals surface area contributed by atoms with Gasteiger partial charge in [-0.1, -0.05) is 34.8 Å². The van der Waals surface area contributed by atoms with Gasteiger partial charge in [0.1, 0.15) is 0 Å². The Balaban J connectivity index is 2.07. The maximum absolute atomic E-state index is 10.3. The van der Waals surface area contributed by atoms with Crippen LogP contribution in [-0.2, 0) is 0 Å². The summed E-state index contributed by atoms with van der Waals surface area (Å²) in [4.78, 5) is 0. The first-order chi connectivity index (χ1) is 7.27. The molecule has 3 atom stereocenters. The molecule has 80 valence electrons. The molecule has 0 unspecified atom stereocenters. The minimum Gasteiger partial charge on any atom is -0.388 e. The Morgan fingerprint density at radius 2 is 1.93 bits per heavy atom. The summed E-state index contributed by atoms with van der Waals surface area (Å²) >= 11 is 3.48. The van der Waals surface area contributed by atoms with E-state index in [1.807, 2.05) is 0 Å². The lowest BCUT2D eigenvalue weighted by Crippen LogP contribution is -2.16. The molecule has 0 spiro atoms. The Kier molecular flexibility index (Phi) is 2.37. The highest BCUT2D eigenvalue weighted by atomic mass is 79.9. The van der Waals surface area contributed by atoms with Gasteiger partial charge in [0, 0.05) is 4.47 Å². The second kappa shape index (κ2) is 3.60. The van der Waals surface area contributed by atoms with Crippen LogP contribution in [0.25, 0.3) is 0 Å². The third-order valence-electron chi connectivity index (χ3n) is 3.99. The van der Waals surface area contributed by atoms with Crippen molar-refractivity contribution in [2.45, 2.75) is 37.7 Å². The van der Waals surface area contributed by atoms with Crippen molar-refractivity contribution in [3.63, 3.8) is 0 Å². The topological polar surface area (TPSA) is 20.2 Å². The first kappa shape index (κ1) is 9.86. The highest BCUT2D eigenvalue weighted by Gasteiger charge is 2.40. The van der Waals surface area contributed by atoms with Crippen LogP contribution in [0.2, 0.25) is 0 Å². The van der Waals surface area contributed by atoms with Crippen molar-refractivity contribution in [2.24, 2.45) is 5.92 Å². The Morgan fingerprint density at radius 1 is 1.13 bits per heavy atom. The highest BCUT2D eigenvalue weighted by Crippen LogP contribution is 2.52. The fraction of sp³-hybridized carbons (Fsp3) is 0.538. The summed E-state index contributed by atoms with van der Waals surface area (Å²) in [6.07, 6.45) is 4.84. The summed E-state index contributed by atoms with van der Waals surface area (Å²) in [5.74, 6) is 1.11. The maximum Gasteiger partial charge on any atom is 0.0827 e. The summed E-state index contributed by atoms with van der Waals surface area (Å²) in [7, 11) is 0. The number of rotatable bonds is 0. The van der Waals surface area contributed by atoms with Crippen LogP contribution in [0.5, 0.6) is 0 Å². The van der Waals surface area contributed by atoms with Crippen molar-refractivity contribution in [2.75, 3.05) is 0 Å². The lowest BCUT2D eigenvalue weighted by atomic mass is 9.79. The molecule has 1 fully saturated rings. The minimum atomic E-state index is -0.220. The zero-order chi connectivity index (χ0) is 10.4. The van der Waals surface area contributed by atoms with E-state index < -0.39 is 0 Å². The van der Waals surface area contributed by atoms with Gasteiger partial charge in [0.15, 0.2) is 0 Å². The van der Waals surface area contributed by atoms with E-state index in [1.165, 1.54) is 36.8 Å². The number of halogens is 1. The fourth-order valence-electron chi connectivity index (χ4n) is 3.29. The van der Waals surface area contributed by atoms with Crippen molar-refractivity contribution in [3.05, 3.63) is 33.8 Å². The predicted octanol–water partition coefficient (Wildman–Crippen LogP) is 3.77. The van der Waals surface area contributed by atoms with Gasteiger partial charge < -0.3 is 5.11 Å². The molecule has 1 nitrogen and oxygen atoms in total. The molecule has 2 heteroatoms. The first-order valence-electron chi connectivity index (χ1n) is 5.75. The molecule has 1 aromatic rings. The standard InChI is InChI=1S/C13H15BrO/c14-8-5-6-10-9-3-1-2-4-11(9)13(15)12(10)7-8/h5-7,9,11,13,15H,1-4H2/t9-,11-,13-/m0/s1. The molecule has 0 radical (unpaired) electrons. The number of hydrogen-bond donors (Lipinski definition) is 1. The zero-order valence-electron chi connectivity index (χ0n) is 8.62. The van der Waals surface area contributed by atoms with Crippen molar-refractivity contribution in [3.8, 4) is 0 Å². The number of aliphatic hydroxyl groups is 1. The number of hydrogen-bond acceptors (Lipinski definition) is 1. The summed E-state index contributed by atoms with van der Waals surface area (Å²) in [6, 6.07) is 6.39. The van der Waals surface area contributed by atoms with Crippen LogP contribution < -0.4 is 0 Å². The molecule has 3 rings (SSSR count). The molecule has 15 heavy (non-hydrogen) atoms. The molecular weight excluding hydrogens is 252 g/mol. The van der Waals surface area contributed by atoms with E-state index in [1.54, 1.807) is 0 Å². The third-order valence-corrected chi connectivity index (χ3v) is 4.49. The Labute approximate surface area is 98.6 Å². The van der Waals surface area contributed by atoms with Gasteiger partial charge in [-0.2, -0.15) is 0 Å². The average Bonchev–Trinajstić information content (AvgIpc) is 2.54. The summed E-state index contributed by atoms with van der Waals surface area (Å²) in [5, 5.41) is 10.3. The maximum atomic E-state index is 10.3. The van der Waals surface area contributed by atoms with E-state index in [4.69, 9.17) is 0 Å². The minimum absolute atomic E-state index is 0.220. The normalized spacial score (nSPS) is 33.6. The van der Waals surface area contributed by atoms with E-state index in [2.05, 4.69) is 34.1 Å². The predicted molar refractivity (Wildman–Crippen MR) is 63.8 cm³/mol. The number of benzene rings is 1. The molecule has 0 saturated heterocycles. The van der Waals surface area contributed by atoms with Crippen LogP contribution in [0.4, 0.5) is 0 Å². The van der Waals surface area contributed by atoms with Gasteiger partial charge in [0.25, 0.3) is 0 Å². The monoisotopic (exact) mass is 266 g/mol. The quantitative estimate of drug-likeness (QED) is 0.758. The molecule has 0 aliphatic heterocycles. The van der Waals surface area contributed by atoms with Crippen molar-refractivity contribution < 1.29 is 5.11 Å². The van der Waals surface area contributed by atoms with Crippen LogP contribution in [0.1, 0.15) is 48.8 Å². The summed E-state index contributed by atoms with van der Waals surface area (Å²) in [6.45, 7) is 0. The number of aliphatic hydroxyl groups excluding tert-OH is 1. The molecule has 1 aromatic carbocycles. The van der Waals surface area contributed by atoms with Crippen LogP contribution in [0, 0.1) is 5.92 Å². The van der Waals surface area contributed by atoms with Crippen molar-refractivity contribution in [1.82, 2.24) is 0 Å². The second-order valence-corrected chi connectivity index (χ2v) is 5.69. The van der Waals surface area contributed by atoms with Crippen molar-refractivity contribution in [1.29, 1.82) is 0 Å². The molecule has 1 N–H and O–H groups in total. The van der Waals surface area contributed by atoms with Crippen LogP contribution in [0.15, 0.2) is 22.7 Å². The van der Waals surface area contributed by atoms with Crippen LogP contribution in [0.3, 0.4) is 0 Å². The van der Waals surface area contributed by atoms with Gasteiger partial charge in [-0.15, -0.1) is 0 Å². The van der Waals surface area contributed by atoms with E-state index in [0.717, 1.165) is 4.47 Å². The SMILES string of the molecule is O[C@@H]1c2cc(Br)ccc2[C@@H]2CCCC[C@H]12. The third kappa shape index (κ3) is 1.46. The van der Waals surface area contributed by atoms with Crippen LogP contribution >= 0.6 is 15.9 Å². The zero-order valence-corrected chi connectivity index (χ0v) is 10.2. The van der Waals surface area contributed by atoms with Gasteiger partial charge >= 0.3 is 0 Å². The van der Waals surface area contributed by atoms with E-state index in [-0.39, 0.29) is 6.10 Å². The highest BCUT2D eigenvalue weighted by molar-refractivity contribution is 9.10. The first-order valence-corrected chi connectivity index (χ1v) is 6.54. The Morgan fingerprint density at radius 3 is 2.80 bits per heavy atom. The largest absolute Gasteiger partial charge is 0.388 e. The molecular formula is C13H15BrO. The molecule has 0 bridgehead atoms. The van der Waals surface area contributed by atoms with Gasteiger partial charge in [-0.25, -0.2) is 0 Å². The van der Waals surface area contributed by atoms with Gasteiger partial charge in [-0.3, -0.25) is 0 Å². The molecule has 0 aromatic heterocycles. The Hall–Kier alpha value is -0.340. The lowest BCUT2D eigenvalue weighted by Gasteiger charge is -2.27. The second-order valence-electron chi connectivity index (χ2n) is 4.77. The van der Waals surface area contributed by atoms with E-state index >= 15 is 0 Å². The molecule has 2 aliphatic carbocycles. The summed E-state index contributed by atoms with van der Waals surface area (Å²) < 4.78 is 1.08. The summed E-state index contributed by atoms with van der Waals surface area (Å²) in [5.41, 5.74) is 2.57. The van der Waals surface area contributed by atoms with E-state index in [0.29, 0.717) is 11.8 Å². The molecule has 1 saturated carbocycles. The van der Waals surface area contributed by atoms with Gasteiger partial charge in [0.2, 0.25) is 0 Å². The molecule has 0 amide bonds. The van der Waals surface area contributed by atoms with Crippen LogP contribution in [-0.4, -0.2) is 5.11 Å². The average molecular weight is 267 g/mol. The lowest BCUT2D eigenvalue weighted by molar-refractivity contribution is 0.0907. The smallest absolute Gasteiger partial charge is 0.0827 e. The van der Waals surface area contributed by atoms with Crippen molar-refractivity contribution >= 4 is 15.9 Å². The van der Waals surface area contributed by atoms with E-state index in [9.17, 15) is 5.11 Å². The Bertz CT molecular complexity index is 388. The molecule has 0 heterocycles.